The van der Waals surface area contributed by atoms with Crippen LogP contribution in [0.4, 0.5) is 0 Å². The summed E-state index contributed by atoms with van der Waals surface area (Å²) in [6.45, 7) is 1.84. The van der Waals surface area contributed by atoms with E-state index in [2.05, 4.69) is 14.7 Å². The molecule has 2 heterocycles. The second kappa shape index (κ2) is 7.53. The van der Waals surface area contributed by atoms with Gasteiger partial charge in [0.15, 0.2) is 0 Å². The molecule has 0 radical (unpaired) electrons. The number of benzene rings is 1. The van der Waals surface area contributed by atoms with Gasteiger partial charge in [-0.25, -0.2) is 13.1 Å². The Morgan fingerprint density at radius 1 is 1.26 bits per heavy atom. The van der Waals surface area contributed by atoms with Gasteiger partial charge < -0.3 is 15.1 Å². The van der Waals surface area contributed by atoms with Gasteiger partial charge >= 0.3 is 5.97 Å². The highest BCUT2D eigenvalue weighted by Gasteiger charge is 2.28. The van der Waals surface area contributed by atoms with E-state index in [-0.39, 0.29) is 16.5 Å². The third-order valence-electron chi connectivity index (χ3n) is 4.18. The maximum absolute atomic E-state index is 12.3. The van der Waals surface area contributed by atoms with Crippen LogP contribution in [0, 0.1) is 0 Å². The molecule has 4 N–H and O–H groups in total. The first-order valence-corrected chi connectivity index (χ1v) is 10.2. The van der Waals surface area contributed by atoms with Crippen molar-refractivity contribution >= 4 is 37.8 Å². The van der Waals surface area contributed by atoms with Crippen LogP contribution < -0.4 is 10.3 Å². The quantitative estimate of drug-likeness (QED) is 0.530. The summed E-state index contributed by atoms with van der Waals surface area (Å²) in [5, 5.41) is 9.35. The van der Waals surface area contributed by atoms with Crippen LogP contribution in [-0.4, -0.2) is 35.5 Å². The lowest BCUT2D eigenvalue weighted by Crippen LogP contribution is -2.25. The molecule has 2 aromatic heterocycles. The Morgan fingerprint density at radius 3 is 2.59 bits per heavy atom. The highest BCUT2D eigenvalue weighted by atomic mass is 32.2. The van der Waals surface area contributed by atoms with Crippen LogP contribution in [0.2, 0.25) is 0 Å². The molecule has 0 atom stereocenters. The molecule has 27 heavy (non-hydrogen) atoms. The molecule has 0 spiro atoms. The SMILES string of the molecule is CCCC(=O)O.O=c1[nH]c2ccc(S(=O)(=O)NC3CC3)cc2c2cc[nH]c12. The van der Waals surface area contributed by atoms with Gasteiger partial charge in [0.1, 0.15) is 5.52 Å². The van der Waals surface area contributed by atoms with Crippen LogP contribution in [0.25, 0.3) is 21.8 Å². The number of nitrogens with one attached hydrogen (secondary N) is 3. The van der Waals surface area contributed by atoms with Crippen LogP contribution in [0.1, 0.15) is 32.6 Å². The summed E-state index contributed by atoms with van der Waals surface area (Å²) in [7, 11) is -3.50. The van der Waals surface area contributed by atoms with Crippen LogP contribution >= 0.6 is 0 Å². The second-order valence-corrected chi connectivity index (χ2v) is 8.18. The van der Waals surface area contributed by atoms with Crippen molar-refractivity contribution in [3.8, 4) is 0 Å². The summed E-state index contributed by atoms with van der Waals surface area (Å²) in [4.78, 5) is 27.3. The molecule has 9 heteroatoms. The monoisotopic (exact) mass is 391 g/mol. The number of carboxylic acid groups (broad SMARTS) is 1. The van der Waals surface area contributed by atoms with Crippen molar-refractivity contribution in [1.82, 2.24) is 14.7 Å². The van der Waals surface area contributed by atoms with Gasteiger partial charge in [0.25, 0.3) is 5.56 Å². The zero-order chi connectivity index (χ0) is 19.6. The first-order chi connectivity index (χ1) is 12.8. The van der Waals surface area contributed by atoms with E-state index in [1.165, 1.54) is 6.07 Å². The van der Waals surface area contributed by atoms with Gasteiger partial charge in [-0.3, -0.25) is 9.59 Å². The summed E-state index contributed by atoms with van der Waals surface area (Å²) in [6, 6.07) is 6.59. The predicted octanol–water partition coefficient (Wildman–Crippen LogP) is 2.32. The Morgan fingerprint density at radius 2 is 2.00 bits per heavy atom. The molecule has 0 bridgehead atoms. The molecule has 0 amide bonds. The number of aromatic amines is 2. The minimum absolute atomic E-state index is 0.0635. The normalized spacial score (nSPS) is 14.1. The summed E-state index contributed by atoms with van der Waals surface area (Å²) in [6.07, 6.45) is 4.47. The van der Waals surface area contributed by atoms with Gasteiger partial charge in [0.05, 0.1) is 4.90 Å². The number of hydrogen-bond donors (Lipinski definition) is 4. The van der Waals surface area contributed by atoms with Gasteiger partial charge in [-0.15, -0.1) is 0 Å². The van der Waals surface area contributed by atoms with Crippen LogP contribution in [0.15, 0.2) is 40.2 Å². The minimum atomic E-state index is -3.50. The molecule has 0 unspecified atom stereocenters. The lowest BCUT2D eigenvalue weighted by molar-refractivity contribution is -0.137. The lowest BCUT2D eigenvalue weighted by atomic mass is 10.1. The lowest BCUT2D eigenvalue weighted by Gasteiger charge is -2.07. The number of pyridine rings is 1. The van der Waals surface area contributed by atoms with E-state index in [0.29, 0.717) is 22.8 Å². The molecular formula is C18H21N3O5S. The summed E-state index contributed by atoms with van der Waals surface area (Å²) in [5.41, 5.74) is 0.860. The Balaban J connectivity index is 0.000000307. The smallest absolute Gasteiger partial charge is 0.303 e. The molecule has 1 aliphatic rings. The van der Waals surface area contributed by atoms with Crippen molar-refractivity contribution in [2.24, 2.45) is 0 Å². The summed E-state index contributed by atoms with van der Waals surface area (Å²) in [5.74, 6) is -0.711. The van der Waals surface area contributed by atoms with E-state index in [4.69, 9.17) is 5.11 Å². The number of hydrogen-bond acceptors (Lipinski definition) is 4. The van der Waals surface area contributed by atoms with E-state index in [1.54, 1.807) is 24.4 Å². The molecular weight excluding hydrogens is 370 g/mol. The Bertz CT molecular complexity index is 1140. The first kappa shape index (κ1) is 19.1. The van der Waals surface area contributed by atoms with Gasteiger partial charge in [-0.1, -0.05) is 6.92 Å². The number of fused-ring (bicyclic) bond motifs is 3. The maximum atomic E-state index is 12.3. The molecule has 1 aliphatic carbocycles. The number of carboxylic acids is 1. The van der Waals surface area contributed by atoms with Crippen molar-refractivity contribution in [2.45, 2.75) is 43.5 Å². The van der Waals surface area contributed by atoms with Crippen LogP contribution in [0.5, 0.6) is 0 Å². The number of rotatable bonds is 5. The summed E-state index contributed by atoms with van der Waals surface area (Å²) < 4.78 is 27.2. The Hall–Kier alpha value is -2.65. The summed E-state index contributed by atoms with van der Waals surface area (Å²) >= 11 is 0. The largest absolute Gasteiger partial charge is 0.481 e. The molecule has 4 rings (SSSR count). The highest BCUT2D eigenvalue weighted by Crippen LogP contribution is 2.26. The van der Waals surface area contributed by atoms with Crippen molar-refractivity contribution in [1.29, 1.82) is 0 Å². The predicted molar refractivity (Wildman–Crippen MR) is 102 cm³/mol. The number of aliphatic carboxylic acids is 1. The number of aromatic nitrogens is 2. The van der Waals surface area contributed by atoms with E-state index in [9.17, 15) is 18.0 Å². The van der Waals surface area contributed by atoms with Crippen LogP contribution in [-0.2, 0) is 14.8 Å². The number of H-pyrrole nitrogens is 2. The van der Waals surface area contributed by atoms with Crippen molar-refractivity contribution in [2.75, 3.05) is 0 Å². The molecule has 0 aliphatic heterocycles. The highest BCUT2D eigenvalue weighted by molar-refractivity contribution is 7.89. The van der Waals surface area contributed by atoms with Crippen molar-refractivity contribution in [3.05, 3.63) is 40.8 Å². The molecule has 0 saturated heterocycles. The van der Waals surface area contributed by atoms with Gasteiger partial charge in [0.2, 0.25) is 10.0 Å². The van der Waals surface area contributed by atoms with Gasteiger partial charge in [-0.05, 0) is 43.5 Å². The van der Waals surface area contributed by atoms with E-state index in [0.717, 1.165) is 24.6 Å². The van der Waals surface area contributed by atoms with E-state index >= 15 is 0 Å². The topological polar surface area (TPSA) is 132 Å². The fraction of sp³-hybridized carbons (Fsp3) is 0.333. The van der Waals surface area contributed by atoms with Crippen molar-refractivity contribution in [3.63, 3.8) is 0 Å². The molecule has 1 aromatic carbocycles. The van der Waals surface area contributed by atoms with Gasteiger partial charge in [-0.2, -0.15) is 0 Å². The number of carbonyl (C=O) groups is 1. The average Bonchev–Trinajstić information content (AvgIpc) is 3.25. The fourth-order valence-electron chi connectivity index (χ4n) is 2.69. The first-order valence-electron chi connectivity index (χ1n) is 8.69. The number of sulfonamides is 1. The minimum Gasteiger partial charge on any atom is -0.481 e. The van der Waals surface area contributed by atoms with E-state index < -0.39 is 16.0 Å². The molecule has 8 nitrogen and oxygen atoms in total. The zero-order valence-electron chi connectivity index (χ0n) is 14.8. The second-order valence-electron chi connectivity index (χ2n) is 6.47. The molecule has 3 aromatic rings. The third kappa shape index (κ3) is 4.37. The molecule has 1 saturated carbocycles. The molecule has 1 fully saturated rings. The maximum Gasteiger partial charge on any atom is 0.303 e. The standard InChI is InChI=1S/C14H13N3O3S.C4H8O2/c18-14-13-10(5-6-15-13)11-7-9(3-4-12(11)16-14)21(19,20)17-8-1-2-8;1-2-3-4(5)6/h3-8,15,17H,1-2H2,(H,16,18);2-3H2,1H3,(H,5,6). The third-order valence-corrected chi connectivity index (χ3v) is 5.69. The van der Waals surface area contributed by atoms with Gasteiger partial charge in [0, 0.05) is 34.9 Å². The Kier molecular flexibility index (Phi) is 5.33. The fourth-order valence-corrected chi connectivity index (χ4v) is 4.02. The zero-order valence-corrected chi connectivity index (χ0v) is 15.6. The average molecular weight is 391 g/mol. The van der Waals surface area contributed by atoms with E-state index in [1.807, 2.05) is 6.92 Å². The van der Waals surface area contributed by atoms with Crippen molar-refractivity contribution < 1.29 is 18.3 Å². The van der Waals surface area contributed by atoms with Crippen LogP contribution in [0.3, 0.4) is 0 Å². The Labute approximate surface area is 155 Å². The molecule has 144 valence electrons.